The van der Waals surface area contributed by atoms with Gasteiger partial charge in [-0.3, -0.25) is 0 Å². The molecule has 0 amide bonds. The van der Waals surface area contributed by atoms with Gasteiger partial charge in [0.2, 0.25) is 0 Å². The first-order valence-corrected chi connectivity index (χ1v) is 3.45. The second kappa shape index (κ2) is 2.17. The maximum atomic E-state index is 3.19. The minimum atomic E-state index is 0.481. The predicted molar refractivity (Wildman–Crippen MR) is 42.5 cm³/mol. The van der Waals surface area contributed by atoms with E-state index < -0.39 is 0 Å². The molecule has 0 N–H and O–H groups in total. The molecule has 0 nitrogen and oxygen atoms in total. The first-order chi connectivity index (χ1) is 4.97. The summed E-state index contributed by atoms with van der Waals surface area (Å²) >= 11 is 0. The lowest BCUT2D eigenvalue weighted by Gasteiger charge is -2.11. The summed E-state index contributed by atoms with van der Waals surface area (Å²) < 4.78 is 0. The average Bonchev–Trinajstić information content (AvgIpc) is 2.05. The van der Waals surface area contributed by atoms with Gasteiger partial charge in [0.25, 0.3) is 0 Å². The minimum absolute atomic E-state index is 0.481. The summed E-state index contributed by atoms with van der Waals surface area (Å²) in [4.78, 5) is 0. The highest BCUT2D eigenvalue weighted by Gasteiger charge is 2.07. The monoisotopic (exact) mass is 128 g/mol. The molecule has 2 aliphatic carbocycles. The Hall–Kier alpha value is -1.26. The van der Waals surface area contributed by atoms with Crippen molar-refractivity contribution in [2.24, 2.45) is 5.92 Å². The van der Waals surface area contributed by atoms with Crippen molar-refractivity contribution in [3.63, 3.8) is 0 Å². The van der Waals surface area contributed by atoms with Crippen molar-refractivity contribution in [1.29, 1.82) is 0 Å². The molecule has 0 spiro atoms. The third kappa shape index (κ3) is 0.792. The largest absolute Gasteiger partial charge is 0.116 e. The van der Waals surface area contributed by atoms with Gasteiger partial charge in [0, 0.05) is 11.5 Å². The Balaban J connectivity index is 2.49. The van der Waals surface area contributed by atoms with Gasteiger partial charge in [0.15, 0.2) is 0 Å². The van der Waals surface area contributed by atoms with Gasteiger partial charge < -0.3 is 0 Å². The van der Waals surface area contributed by atoms with Crippen LogP contribution >= 0.6 is 0 Å². The highest BCUT2D eigenvalue weighted by atomic mass is 14.1. The quantitative estimate of drug-likeness (QED) is 0.439. The second-order valence-electron chi connectivity index (χ2n) is 2.42. The number of fused-ring (bicyclic) bond motifs is 1. The zero-order chi connectivity index (χ0) is 6.81. The summed E-state index contributed by atoms with van der Waals surface area (Å²) in [6.45, 7) is 0. The molecule has 0 fully saturated rings. The van der Waals surface area contributed by atoms with Gasteiger partial charge in [0.1, 0.15) is 0 Å². The number of rotatable bonds is 0. The molecule has 48 valence electrons. The van der Waals surface area contributed by atoms with E-state index in [0.29, 0.717) is 5.92 Å². The molecule has 0 heteroatoms. The van der Waals surface area contributed by atoms with Crippen molar-refractivity contribution in [3.05, 3.63) is 53.8 Å². The van der Waals surface area contributed by atoms with E-state index in [4.69, 9.17) is 0 Å². The Morgan fingerprint density at radius 3 is 2.90 bits per heavy atom. The Morgan fingerprint density at radius 1 is 1.10 bits per heavy atom. The van der Waals surface area contributed by atoms with Crippen molar-refractivity contribution >= 4 is 0 Å². The van der Waals surface area contributed by atoms with Crippen molar-refractivity contribution in [1.82, 2.24) is 0 Å². The van der Waals surface area contributed by atoms with Gasteiger partial charge in [-0.15, -0.1) is 5.73 Å². The van der Waals surface area contributed by atoms with E-state index in [0.717, 1.165) is 0 Å². The number of allylic oxidation sites excluding steroid dienone is 7. The molecule has 0 aromatic rings. The summed E-state index contributed by atoms with van der Waals surface area (Å²) in [5, 5.41) is 0. The lowest BCUT2D eigenvalue weighted by atomic mass is 9.93. The summed E-state index contributed by atoms with van der Waals surface area (Å²) in [5.41, 5.74) is 4.46. The fraction of sp³-hybridized carbons (Fsp3) is 0.100. The number of hydrogen-bond donors (Lipinski definition) is 0. The molecule has 1 atom stereocenters. The highest BCUT2D eigenvalue weighted by molar-refractivity contribution is 5.39. The van der Waals surface area contributed by atoms with Gasteiger partial charge in [-0.1, -0.05) is 36.5 Å². The van der Waals surface area contributed by atoms with Crippen LogP contribution in [0.15, 0.2) is 53.8 Å². The van der Waals surface area contributed by atoms with Crippen LogP contribution in [0.25, 0.3) is 0 Å². The second-order valence-corrected chi connectivity index (χ2v) is 2.42. The minimum Gasteiger partial charge on any atom is -0.116 e. The van der Waals surface area contributed by atoms with Gasteiger partial charge in [-0.05, 0) is 6.08 Å². The van der Waals surface area contributed by atoms with E-state index in [1.807, 2.05) is 18.2 Å². The topological polar surface area (TPSA) is 0 Å². The summed E-state index contributed by atoms with van der Waals surface area (Å²) in [6, 6.07) is 0. The van der Waals surface area contributed by atoms with Crippen LogP contribution in [0, 0.1) is 5.92 Å². The first kappa shape index (κ1) is 5.52. The zero-order valence-corrected chi connectivity index (χ0v) is 5.62. The Morgan fingerprint density at radius 2 is 2.00 bits per heavy atom. The normalized spacial score (nSPS) is 26.4. The Bertz CT molecular complexity index is 281. The van der Waals surface area contributed by atoms with E-state index in [1.165, 1.54) is 5.57 Å². The van der Waals surface area contributed by atoms with Crippen molar-refractivity contribution in [3.8, 4) is 0 Å². The molecule has 0 saturated carbocycles. The molecule has 0 bridgehead atoms. The van der Waals surface area contributed by atoms with Gasteiger partial charge >= 0.3 is 0 Å². The van der Waals surface area contributed by atoms with E-state index >= 15 is 0 Å². The standard InChI is InChI=1S/C10H8/c1-2-6-10-8-4-3-7-9(10)5-1/h1-7,9H/t9-/m0/s1. The molecule has 2 rings (SSSR count). The van der Waals surface area contributed by atoms with Crippen molar-refractivity contribution < 1.29 is 0 Å². The van der Waals surface area contributed by atoms with Crippen molar-refractivity contribution in [2.45, 2.75) is 0 Å². The van der Waals surface area contributed by atoms with Gasteiger partial charge in [-0.2, -0.15) is 0 Å². The van der Waals surface area contributed by atoms with Crippen LogP contribution in [0.2, 0.25) is 0 Å². The van der Waals surface area contributed by atoms with E-state index in [1.54, 1.807) is 0 Å². The summed E-state index contributed by atoms with van der Waals surface area (Å²) in [6.07, 6.45) is 14.6. The lowest BCUT2D eigenvalue weighted by molar-refractivity contribution is 0.990. The smallest absolute Gasteiger partial charge is 0.0278 e. The summed E-state index contributed by atoms with van der Waals surface area (Å²) in [5.74, 6) is 0.481. The predicted octanol–water partition coefficient (Wildman–Crippen LogP) is 2.38. The first-order valence-electron chi connectivity index (χ1n) is 3.45. The third-order valence-electron chi connectivity index (χ3n) is 1.73. The SMILES string of the molecule is C1=CC=C[C@@H]2C=CC=CC=12. The Kier molecular flexibility index (Phi) is 1.20. The van der Waals surface area contributed by atoms with Crippen LogP contribution in [-0.2, 0) is 0 Å². The molecular weight excluding hydrogens is 120 g/mol. The fourth-order valence-corrected chi connectivity index (χ4v) is 1.19. The van der Waals surface area contributed by atoms with Gasteiger partial charge in [-0.25, -0.2) is 0 Å². The summed E-state index contributed by atoms with van der Waals surface area (Å²) in [7, 11) is 0. The molecule has 0 aliphatic heterocycles. The molecule has 0 aromatic heterocycles. The van der Waals surface area contributed by atoms with E-state index in [2.05, 4.69) is 30.0 Å². The molecule has 0 saturated heterocycles. The van der Waals surface area contributed by atoms with Gasteiger partial charge in [0.05, 0.1) is 0 Å². The molecule has 0 heterocycles. The molecular formula is C10H8. The molecule has 0 radical (unpaired) electrons. The van der Waals surface area contributed by atoms with E-state index in [-0.39, 0.29) is 0 Å². The molecule has 2 aliphatic rings. The van der Waals surface area contributed by atoms with Crippen LogP contribution in [0.3, 0.4) is 0 Å². The van der Waals surface area contributed by atoms with Crippen molar-refractivity contribution in [2.75, 3.05) is 0 Å². The Labute approximate surface area is 60.6 Å². The highest BCUT2D eigenvalue weighted by Crippen LogP contribution is 2.20. The number of hydrogen-bond acceptors (Lipinski definition) is 0. The maximum absolute atomic E-state index is 3.19. The lowest BCUT2D eigenvalue weighted by Crippen LogP contribution is -1.98. The molecule has 0 aromatic carbocycles. The fourth-order valence-electron chi connectivity index (χ4n) is 1.19. The third-order valence-corrected chi connectivity index (χ3v) is 1.73. The van der Waals surface area contributed by atoms with E-state index in [9.17, 15) is 0 Å². The molecule has 0 unspecified atom stereocenters. The van der Waals surface area contributed by atoms with Crippen LogP contribution in [0.5, 0.6) is 0 Å². The van der Waals surface area contributed by atoms with Crippen LogP contribution in [0.1, 0.15) is 0 Å². The van der Waals surface area contributed by atoms with Crippen LogP contribution < -0.4 is 0 Å². The average molecular weight is 128 g/mol. The molecule has 10 heavy (non-hydrogen) atoms. The zero-order valence-electron chi connectivity index (χ0n) is 5.62. The van der Waals surface area contributed by atoms with Crippen LogP contribution in [0.4, 0.5) is 0 Å². The van der Waals surface area contributed by atoms with Crippen LogP contribution in [-0.4, -0.2) is 0 Å². The maximum Gasteiger partial charge on any atom is 0.0278 e.